The molecule has 0 saturated heterocycles. The molecule has 0 atom stereocenters. The van der Waals surface area contributed by atoms with Crippen molar-refractivity contribution >= 4 is 5.97 Å². The average molecular weight is 174 g/mol. The van der Waals surface area contributed by atoms with Crippen molar-refractivity contribution in [1.82, 2.24) is 0 Å². The first kappa shape index (κ1) is 14.0. The molecule has 2 heteroatoms. The highest BCUT2D eigenvalue weighted by Gasteiger charge is 1.92. The Morgan fingerprint density at radius 1 is 1.00 bits per heavy atom. The fraction of sp³-hybridized carbons (Fsp3) is 0.900. The van der Waals surface area contributed by atoms with E-state index in [4.69, 9.17) is 5.11 Å². The van der Waals surface area contributed by atoms with Gasteiger partial charge in [0.05, 0.1) is 0 Å². The van der Waals surface area contributed by atoms with E-state index < -0.39 is 5.97 Å². The summed E-state index contributed by atoms with van der Waals surface area (Å²) in [5, 5.41) is 8.14. The first-order chi connectivity index (χ1) is 5.68. The Kier molecular flexibility index (Phi) is 15.3. The molecule has 0 aromatic carbocycles. The lowest BCUT2D eigenvalue weighted by Gasteiger charge is -1.89. The maximum absolute atomic E-state index is 9.87. The number of carbonyl (C=O) groups is 1. The summed E-state index contributed by atoms with van der Waals surface area (Å²) in [6, 6.07) is 0. The summed E-state index contributed by atoms with van der Waals surface area (Å²) in [7, 11) is 0. The molecule has 0 aliphatic carbocycles. The van der Waals surface area contributed by atoms with Crippen LogP contribution in [0.15, 0.2) is 0 Å². The highest BCUT2D eigenvalue weighted by molar-refractivity contribution is 5.66. The number of aliphatic carboxylic acids is 1. The van der Waals surface area contributed by atoms with E-state index in [1.807, 2.05) is 0 Å². The van der Waals surface area contributed by atoms with Gasteiger partial charge in [-0.1, -0.05) is 46.5 Å². The second kappa shape index (κ2) is 13.1. The molecule has 0 aliphatic rings. The molecule has 0 aromatic rings. The van der Waals surface area contributed by atoms with E-state index in [-0.39, 0.29) is 0 Å². The van der Waals surface area contributed by atoms with Crippen molar-refractivity contribution in [2.75, 3.05) is 0 Å². The Hall–Kier alpha value is -0.530. The molecule has 0 unspecified atom stereocenters. The van der Waals surface area contributed by atoms with Gasteiger partial charge in [-0.15, -0.1) is 0 Å². The van der Waals surface area contributed by atoms with E-state index in [2.05, 4.69) is 20.8 Å². The Morgan fingerprint density at radius 3 is 1.75 bits per heavy atom. The minimum absolute atomic E-state index is 0.327. The van der Waals surface area contributed by atoms with E-state index in [9.17, 15) is 4.79 Å². The minimum Gasteiger partial charge on any atom is -0.481 e. The van der Waals surface area contributed by atoms with E-state index in [1.165, 1.54) is 12.8 Å². The van der Waals surface area contributed by atoms with Gasteiger partial charge in [-0.2, -0.15) is 0 Å². The van der Waals surface area contributed by atoms with Crippen molar-refractivity contribution in [3.8, 4) is 0 Å². The lowest BCUT2D eigenvalue weighted by atomic mass is 10.2. The van der Waals surface area contributed by atoms with Gasteiger partial charge in [0.15, 0.2) is 0 Å². The van der Waals surface area contributed by atoms with Crippen LogP contribution in [0, 0.1) is 0 Å². The molecule has 0 aromatic heterocycles. The largest absolute Gasteiger partial charge is 0.481 e. The van der Waals surface area contributed by atoms with Crippen LogP contribution < -0.4 is 0 Å². The Morgan fingerprint density at radius 2 is 1.50 bits per heavy atom. The monoisotopic (exact) mass is 174 g/mol. The van der Waals surface area contributed by atoms with Crippen molar-refractivity contribution in [3.63, 3.8) is 0 Å². The van der Waals surface area contributed by atoms with Crippen molar-refractivity contribution in [1.29, 1.82) is 0 Å². The molecule has 0 bridgehead atoms. The van der Waals surface area contributed by atoms with Gasteiger partial charge in [-0.25, -0.2) is 0 Å². The maximum Gasteiger partial charge on any atom is 0.303 e. The number of hydrogen-bond donors (Lipinski definition) is 1. The van der Waals surface area contributed by atoms with Crippen LogP contribution in [0.5, 0.6) is 0 Å². The standard InChI is InChI=1S/C6H12O2.C4H10/c1-2-3-4-5-6(7)8;1-3-4-2/h2-5H2,1H3,(H,7,8);3-4H2,1-2H3. The van der Waals surface area contributed by atoms with Gasteiger partial charge < -0.3 is 5.11 Å². The predicted molar refractivity (Wildman–Crippen MR) is 52.4 cm³/mol. The van der Waals surface area contributed by atoms with E-state index in [0.29, 0.717) is 6.42 Å². The SMILES string of the molecule is CCCC.CCCCCC(=O)O. The van der Waals surface area contributed by atoms with Crippen LogP contribution in [0.25, 0.3) is 0 Å². The molecule has 74 valence electrons. The maximum atomic E-state index is 9.87. The number of rotatable bonds is 5. The molecule has 0 saturated carbocycles. The van der Waals surface area contributed by atoms with E-state index in [1.54, 1.807) is 0 Å². The lowest BCUT2D eigenvalue weighted by Crippen LogP contribution is -1.92. The van der Waals surface area contributed by atoms with Crippen molar-refractivity contribution in [2.45, 2.75) is 59.3 Å². The zero-order valence-electron chi connectivity index (χ0n) is 8.60. The van der Waals surface area contributed by atoms with Gasteiger partial charge in [0, 0.05) is 6.42 Å². The van der Waals surface area contributed by atoms with Gasteiger partial charge in [0.25, 0.3) is 0 Å². The third-order valence-corrected chi connectivity index (χ3v) is 1.49. The van der Waals surface area contributed by atoms with E-state index >= 15 is 0 Å². The van der Waals surface area contributed by atoms with Gasteiger partial charge in [-0.05, 0) is 6.42 Å². The second-order valence-corrected chi connectivity index (χ2v) is 2.85. The summed E-state index contributed by atoms with van der Waals surface area (Å²) in [5.41, 5.74) is 0. The first-order valence-electron chi connectivity index (χ1n) is 4.90. The number of hydrogen-bond acceptors (Lipinski definition) is 1. The third-order valence-electron chi connectivity index (χ3n) is 1.49. The summed E-state index contributed by atoms with van der Waals surface area (Å²) < 4.78 is 0. The normalized spacial score (nSPS) is 8.58. The van der Waals surface area contributed by atoms with Gasteiger partial charge >= 0.3 is 5.97 Å². The lowest BCUT2D eigenvalue weighted by molar-refractivity contribution is -0.137. The molecule has 2 nitrogen and oxygen atoms in total. The summed E-state index contributed by atoms with van der Waals surface area (Å²) in [6.45, 7) is 6.42. The molecule has 0 amide bonds. The fourth-order valence-electron chi connectivity index (χ4n) is 0.526. The number of carboxylic acids is 1. The molecule has 12 heavy (non-hydrogen) atoms. The van der Waals surface area contributed by atoms with Crippen LogP contribution in [-0.2, 0) is 4.79 Å². The van der Waals surface area contributed by atoms with Crippen LogP contribution >= 0.6 is 0 Å². The summed E-state index contributed by atoms with van der Waals surface area (Å²) in [6.07, 6.45) is 5.92. The topological polar surface area (TPSA) is 37.3 Å². The quantitative estimate of drug-likeness (QED) is 0.648. The van der Waals surface area contributed by atoms with Gasteiger partial charge in [0.1, 0.15) is 0 Å². The predicted octanol–water partition coefficient (Wildman–Crippen LogP) is 3.46. The summed E-state index contributed by atoms with van der Waals surface area (Å²) in [4.78, 5) is 9.87. The zero-order chi connectivity index (χ0) is 9.82. The molecular formula is C10H22O2. The summed E-state index contributed by atoms with van der Waals surface area (Å²) in [5.74, 6) is -0.682. The summed E-state index contributed by atoms with van der Waals surface area (Å²) >= 11 is 0. The molecule has 0 fully saturated rings. The highest BCUT2D eigenvalue weighted by Crippen LogP contribution is 1.97. The van der Waals surface area contributed by atoms with Gasteiger partial charge in [-0.3, -0.25) is 4.79 Å². The van der Waals surface area contributed by atoms with Crippen LogP contribution in [0.2, 0.25) is 0 Å². The van der Waals surface area contributed by atoms with Crippen molar-refractivity contribution in [2.24, 2.45) is 0 Å². The average Bonchev–Trinajstić information content (AvgIpc) is 2.05. The molecule has 0 aliphatic heterocycles. The van der Waals surface area contributed by atoms with Crippen LogP contribution in [0.1, 0.15) is 59.3 Å². The second-order valence-electron chi connectivity index (χ2n) is 2.85. The van der Waals surface area contributed by atoms with Crippen LogP contribution in [0.3, 0.4) is 0 Å². The fourth-order valence-corrected chi connectivity index (χ4v) is 0.526. The van der Waals surface area contributed by atoms with Crippen molar-refractivity contribution in [3.05, 3.63) is 0 Å². The Labute approximate surface area is 76.0 Å². The minimum atomic E-state index is -0.682. The Balaban J connectivity index is 0. The third kappa shape index (κ3) is 22.7. The zero-order valence-corrected chi connectivity index (χ0v) is 8.60. The smallest absolute Gasteiger partial charge is 0.303 e. The van der Waals surface area contributed by atoms with Crippen LogP contribution in [0.4, 0.5) is 0 Å². The molecule has 0 radical (unpaired) electrons. The van der Waals surface area contributed by atoms with E-state index in [0.717, 1.165) is 19.3 Å². The van der Waals surface area contributed by atoms with Gasteiger partial charge in [0.2, 0.25) is 0 Å². The first-order valence-corrected chi connectivity index (χ1v) is 4.90. The number of carboxylic acid groups (broad SMARTS) is 1. The van der Waals surface area contributed by atoms with Crippen molar-refractivity contribution < 1.29 is 9.90 Å². The molecule has 1 N–H and O–H groups in total. The molecule has 0 heterocycles. The number of unbranched alkanes of at least 4 members (excludes halogenated alkanes) is 3. The van der Waals surface area contributed by atoms with Crippen LogP contribution in [-0.4, -0.2) is 11.1 Å². The highest BCUT2D eigenvalue weighted by atomic mass is 16.4. The molecular weight excluding hydrogens is 152 g/mol. The molecule has 0 rings (SSSR count). The Bertz CT molecular complexity index is 87.8. The molecule has 0 spiro atoms.